The van der Waals surface area contributed by atoms with Crippen molar-refractivity contribution >= 4 is 5.96 Å². The Bertz CT molecular complexity index is 591. The summed E-state index contributed by atoms with van der Waals surface area (Å²) in [5.41, 5.74) is 1.24. The van der Waals surface area contributed by atoms with Crippen LogP contribution in [0.4, 0.5) is 0 Å². The van der Waals surface area contributed by atoms with Crippen molar-refractivity contribution < 1.29 is 9.47 Å². The average Bonchev–Trinajstić information content (AvgIpc) is 3.12. The summed E-state index contributed by atoms with van der Waals surface area (Å²) < 4.78 is 11.2. The predicted molar refractivity (Wildman–Crippen MR) is 101 cm³/mol. The van der Waals surface area contributed by atoms with E-state index in [0.717, 1.165) is 43.5 Å². The van der Waals surface area contributed by atoms with E-state index in [1.54, 1.807) is 0 Å². The molecule has 0 bridgehead atoms. The molecule has 2 heterocycles. The number of aliphatic imine (C=N–C) groups is 1. The minimum atomic E-state index is 0.626. The summed E-state index contributed by atoms with van der Waals surface area (Å²) in [6.07, 6.45) is 3.49. The Labute approximate surface area is 150 Å². The molecular formula is C19H30N4O2. The van der Waals surface area contributed by atoms with Gasteiger partial charge < -0.3 is 20.1 Å². The van der Waals surface area contributed by atoms with Gasteiger partial charge in [0.25, 0.3) is 0 Å². The Morgan fingerprint density at radius 3 is 2.88 bits per heavy atom. The number of fused-ring (bicyclic) bond motifs is 1. The van der Waals surface area contributed by atoms with Gasteiger partial charge in [0.2, 0.25) is 0 Å². The summed E-state index contributed by atoms with van der Waals surface area (Å²) >= 11 is 0. The molecular weight excluding hydrogens is 316 g/mol. The first-order valence-corrected chi connectivity index (χ1v) is 9.37. The largest absolute Gasteiger partial charge is 0.486 e. The molecule has 138 valence electrons. The predicted octanol–water partition coefficient (Wildman–Crippen LogP) is 1.65. The monoisotopic (exact) mass is 346 g/mol. The highest BCUT2D eigenvalue weighted by Crippen LogP contribution is 2.30. The molecule has 0 spiro atoms. The maximum Gasteiger partial charge on any atom is 0.191 e. The molecule has 1 atom stereocenters. The molecule has 25 heavy (non-hydrogen) atoms. The molecule has 2 aliphatic rings. The highest BCUT2D eigenvalue weighted by molar-refractivity contribution is 5.79. The van der Waals surface area contributed by atoms with Crippen LogP contribution in [-0.4, -0.2) is 63.3 Å². The molecule has 0 aromatic heterocycles. The first kappa shape index (κ1) is 17.9. The van der Waals surface area contributed by atoms with Crippen LogP contribution in [0.2, 0.25) is 0 Å². The Kier molecular flexibility index (Phi) is 6.39. The minimum absolute atomic E-state index is 0.626. The van der Waals surface area contributed by atoms with Crippen molar-refractivity contribution in [2.24, 2.45) is 4.99 Å². The third-order valence-electron chi connectivity index (χ3n) is 4.95. The summed E-state index contributed by atoms with van der Waals surface area (Å²) in [7, 11) is 1.83. The van der Waals surface area contributed by atoms with E-state index in [1.807, 2.05) is 13.1 Å². The van der Waals surface area contributed by atoms with E-state index in [0.29, 0.717) is 19.3 Å². The lowest BCUT2D eigenvalue weighted by Crippen LogP contribution is -2.45. The van der Waals surface area contributed by atoms with Crippen molar-refractivity contribution in [3.63, 3.8) is 0 Å². The Hall–Kier alpha value is -1.95. The number of likely N-dealkylation sites (N-methyl/N-ethyl adjacent to an activating group) is 1. The summed E-state index contributed by atoms with van der Waals surface area (Å²) in [6, 6.07) is 6.80. The van der Waals surface area contributed by atoms with Gasteiger partial charge in [-0.3, -0.25) is 9.89 Å². The van der Waals surface area contributed by atoms with Crippen LogP contribution in [0.5, 0.6) is 11.5 Å². The number of hydrogen-bond donors (Lipinski definition) is 2. The molecule has 1 aromatic rings. The topological polar surface area (TPSA) is 58.1 Å². The highest BCUT2D eigenvalue weighted by atomic mass is 16.6. The van der Waals surface area contributed by atoms with E-state index in [4.69, 9.17) is 9.47 Å². The SMILES string of the molecule is CCN1CCCC1CNC(=NC)NCCc1ccc2c(c1)OCCO2. The maximum absolute atomic E-state index is 5.64. The van der Waals surface area contributed by atoms with Gasteiger partial charge in [0.05, 0.1) is 0 Å². The fraction of sp³-hybridized carbons (Fsp3) is 0.632. The quantitative estimate of drug-likeness (QED) is 0.606. The fourth-order valence-electron chi connectivity index (χ4n) is 3.55. The lowest BCUT2D eigenvalue weighted by atomic mass is 10.1. The van der Waals surface area contributed by atoms with Gasteiger partial charge in [-0.05, 0) is 50.0 Å². The van der Waals surface area contributed by atoms with Crippen molar-refractivity contribution in [3.05, 3.63) is 23.8 Å². The lowest BCUT2D eigenvalue weighted by molar-refractivity contribution is 0.171. The standard InChI is InChI=1S/C19H30N4O2/c1-3-23-10-4-5-16(23)14-22-19(20-2)21-9-8-15-6-7-17-18(13-15)25-12-11-24-17/h6-7,13,16H,3-5,8-12,14H2,1-2H3,(H2,20,21,22). The van der Waals surface area contributed by atoms with Crippen LogP contribution >= 0.6 is 0 Å². The van der Waals surface area contributed by atoms with Gasteiger partial charge >= 0.3 is 0 Å². The van der Waals surface area contributed by atoms with Crippen molar-refractivity contribution in [2.75, 3.05) is 46.4 Å². The fourth-order valence-corrected chi connectivity index (χ4v) is 3.55. The summed E-state index contributed by atoms with van der Waals surface area (Å²) in [5.74, 6) is 2.57. The summed E-state index contributed by atoms with van der Waals surface area (Å²) in [5, 5.41) is 6.87. The molecule has 0 saturated carbocycles. The second-order valence-electron chi connectivity index (χ2n) is 6.53. The van der Waals surface area contributed by atoms with Crippen LogP contribution in [-0.2, 0) is 6.42 Å². The third-order valence-corrected chi connectivity index (χ3v) is 4.95. The Morgan fingerprint density at radius 1 is 1.24 bits per heavy atom. The normalized spacial score (nSPS) is 20.6. The molecule has 1 aromatic carbocycles. The van der Waals surface area contributed by atoms with Crippen LogP contribution in [0, 0.1) is 0 Å². The van der Waals surface area contributed by atoms with Crippen molar-refractivity contribution in [1.82, 2.24) is 15.5 Å². The van der Waals surface area contributed by atoms with Gasteiger partial charge in [0.15, 0.2) is 17.5 Å². The minimum Gasteiger partial charge on any atom is -0.486 e. The molecule has 3 rings (SSSR count). The van der Waals surface area contributed by atoms with Crippen LogP contribution in [0.1, 0.15) is 25.3 Å². The number of rotatable bonds is 6. The number of likely N-dealkylation sites (tertiary alicyclic amines) is 1. The Morgan fingerprint density at radius 2 is 2.08 bits per heavy atom. The van der Waals surface area contributed by atoms with E-state index < -0.39 is 0 Å². The molecule has 1 saturated heterocycles. The molecule has 2 aliphatic heterocycles. The van der Waals surface area contributed by atoms with Gasteiger partial charge in [0, 0.05) is 26.2 Å². The van der Waals surface area contributed by atoms with Crippen LogP contribution < -0.4 is 20.1 Å². The van der Waals surface area contributed by atoms with Gasteiger partial charge in [-0.15, -0.1) is 0 Å². The van der Waals surface area contributed by atoms with Crippen LogP contribution in [0.15, 0.2) is 23.2 Å². The molecule has 6 nitrogen and oxygen atoms in total. The van der Waals surface area contributed by atoms with Crippen molar-refractivity contribution in [3.8, 4) is 11.5 Å². The summed E-state index contributed by atoms with van der Waals surface area (Å²) in [6.45, 7) is 7.63. The smallest absolute Gasteiger partial charge is 0.191 e. The maximum atomic E-state index is 5.64. The second kappa shape index (κ2) is 8.94. The van der Waals surface area contributed by atoms with Gasteiger partial charge in [-0.1, -0.05) is 13.0 Å². The zero-order valence-electron chi connectivity index (χ0n) is 15.4. The van der Waals surface area contributed by atoms with Gasteiger partial charge in [0.1, 0.15) is 13.2 Å². The van der Waals surface area contributed by atoms with E-state index >= 15 is 0 Å². The second-order valence-corrected chi connectivity index (χ2v) is 6.53. The third kappa shape index (κ3) is 4.78. The van der Waals surface area contributed by atoms with Gasteiger partial charge in [-0.2, -0.15) is 0 Å². The van der Waals surface area contributed by atoms with Crippen molar-refractivity contribution in [2.45, 2.75) is 32.2 Å². The zero-order valence-corrected chi connectivity index (χ0v) is 15.4. The van der Waals surface area contributed by atoms with E-state index in [9.17, 15) is 0 Å². The Balaban J connectivity index is 1.42. The molecule has 0 amide bonds. The average molecular weight is 346 g/mol. The molecule has 6 heteroatoms. The van der Waals surface area contributed by atoms with E-state index in [2.05, 4.69) is 39.6 Å². The van der Waals surface area contributed by atoms with Crippen LogP contribution in [0.3, 0.4) is 0 Å². The zero-order chi connectivity index (χ0) is 17.5. The molecule has 1 unspecified atom stereocenters. The lowest BCUT2D eigenvalue weighted by Gasteiger charge is -2.24. The molecule has 0 radical (unpaired) electrons. The van der Waals surface area contributed by atoms with E-state index in [-0.39, 0.29) is 0 Å². The number of benzene rings is 1. The molecule has 0 aliphatic carbocycles. The first-order valence-electron chi connectivity index (χ1n) is 9.37. The summed E-state index contributed by atoms with van der Waals surface area (Å²) in [4.78, 5) is 6.87. The number of ether oxygens (including phenoxy) is 2. The van der Waals surface area contributed by atoms with Gasteiger partial charge in [-0.25, -0.2) is 0 Å². The molecule has 1 fully saturated rings. The number of nitrogens with zero attached hydrogens (tertiary/aromatic N) is 2. The number of nitrogens with one attached hydrogen (secondary N) is 2. The van der Waals surface area contributed by atoms with Crippen molar-refractivity contribution in [1.29, 1.82) is 0 Å². The number of guanidine groups is 1. The van der Waals surface area contributed by atoms with E-state index in [1.165, 1.54) is 24.9 Å². The van der Waals surface area contributed by atoms with Crippen LogP contribution in [0.25, 0.3) is 0 Å². The number of hydrogen-bond acceptors (Lipinski definition) is 4. The highest BCUT2D eigenvalue weighted by Gasteiger charge is 2.22. The molecule has 2 N–H and O–H groups in total. The first-order chi connectivity index (χ1) is 12.3.